The van der Waals surface area contributed by atoms with E-state index in [4.69, 9.17) is 9.05 Å². The number of aromatic nitrogens is 3. The van der Waals surface area contributed by atoms with Gasteiger partial charge in [-0.25, -0.2) is 0 Å². The number of benzene rings is 1. The Hall–Kier alpha value is -2.51. The van der Waals surface area contributed by atoms with Crippen LogP contribution in [0.3, 0.4) is 0 Å². The van der Waals surface area contributed by atoms with Crippen LogP contribution in [0.2, 0.25) is 0 Å². The summed E-state index contributed by atoms with van der Waals surface area (Å²) in [5.41, 5.74) is 0.770. The van der Waals surface area contributed by atoms with Gasteiger partial charge in [0, 0.05) is 37.2 Å². The Morgan fingerprint density at radius 2 is 2.00 bits per heavy atom. The Morgan fingerprint density at radius 3 is 2.81 bits per heavy atom. The summed E-state index contributed by atoms with van der Waals surface area (Å²) in [5.74, 6) is 2.24. The molecule has 3 aromatic rings. The summed E-state index contributed by atoms with van der Waals surface area (Å²) in [7, 11) is 0. The lowest BCUT2D eigenvalue weighted by atomic mass is 10.0. The highest BCUT2D eigenvalue weighted by Crippen LogP contribution is 2.40. The van der Waals surface area contributed by atoms with Gasteiger partial charge in [-0.15, -0.1) is 0 Å². The lowest BCUT2D eigenvalue weighted by Crippen LogP contribution is -2.31. The summed E-state index contributed by atoms with van der Waals surface area (Å²) in [5, 5.41) is 19.1. The topological polar surface area (TPSA) is 88.4 Å². The van der Waals surface area contributed by atoms with Crippen molar-refractivity contribution >= 4 is 0 Å². The molecule has 2 aromatic heterocycles. The molecular weight excluding hydrogens is 332 g/mol. The number of likely N-dealkylation sites (tertiary alicyclic amines) is 1. The van der Waals surface area contributed by atoms with Gasteiger partial charge in [0.05, 0.1) is 5.69 Å². The van der Waals surface area contributed by atoms with Gasteiger partial charge in [-0.05, 0) is 19.3 Å². The van der Waals surface area contributed by atoms with Gasteiger partial charge < -0.3 is 14.2 Å². The molecule has 3 heterocycles. The third-order valence-electron chi connectivity index (χ3n) is 5.11. The standard InChI is InChI=1S/C19H20N4O3/c24-19(18-20-17(22-26-18)14-6-7-14)8-9-23(12-19)11-15-10-16(25-21-15)13-4-2-1-3-5-13/h1-5,10,14,24H,6-9,11-12H2. The molecule has 5 rings (SSSR count). The van der Waals surface area contributed by atoms with Crippen molar-refractivity contribution < 1.29 is 14.2 Å². The predicted octanol–water partition coefficient (Wildman–Crippen LogP) is 2.70. The van der Waals surface area contributed by atoms with Gasteiger partial charge in [0.15, 0.2) is 17.2 Å². The molecule has 7 nitrogen and oxygen atoms in total. The van der Waals surface area contributed by atoms with E-state index in [9.17, 15) is 5.11 Å². The Morgan fingerprint density at radius 1 is 1.15 bits per heavy atom. The lowest BCUT2D eigenvalue weighted by molar-refractivity contribution is 0.0129. The van der Waals surface area contributed by atoms with Gasteiger partial charge in [-0.1, -0.05) is 40.6 Å². The first-order valence-electron chi connectivity index (χ1n) is 8.99. The SMILES string of the molecule is OC1(c2nc(C3CC3)no2)CCN(Cc2cc(-c3ccccc3)on2)C1. The Kier molecular flexibility index (Phi) is 3.65. The highest BCUT2D eigenvalue weighted by atomic mass is 16.5. The Balaban J connectivity index is 1.27. The number of nitrogens with zero attached hydrogens (tertiary/aromatic N) is 4. The maximum Gasteiger partial charge on any atom is 0.260 e. The maximum atomic E-state index is 10.9. The molecule has 1 saturated heterocycles. The number of β-amino-alcohol motifs (C(OH)–C–C–N with tert-alkyl or cyclic N) is 1. The zero-order valence-corrected chi connectivity index (χ0v) is 14.3. The highest BCUT2D eigenvalue weighted by molar-refractivity contribution is 5.56. The molecule has 1 aliphatic heterocycles. The second kappa shape index (κ2) is 6.03. The first-order chi connectivity index (χ1) is 12.7. The second-order valence-corrected chi connectivity index (χ2v) is 7.27. The van der Waals surface area contributed by atoms with E-state index in [1.54, 1.807) is 0 Å². The molecule has 1 aliphatic carbocycles. The van der Waals surface area contributed by atoms with Crippen LogP contribution >= 0.6 is 0 Å². The summed E-state index contributed by atoms with van der Waals surface area (Å²) < 4.78 is 10.8. The molecule has 1 N–H and O–H groups in total. The van der Waals surface area contributed by atoms with E-state index in [1.807, 2.05) is 36.4 Å². The molecule has 134 valence electrons. The monoisotopic (exact) mass is 352 g/mol. The van der Waals surface area contributed by atoms with Crippen molar-refractivity contribution in [3.8, 4) is 11.3 Å². The van der Waals surface area contributed by atoms with Crippen LogP contribution in [-0.4, -0.2) is 38.4 Å². The zero-order valence-electron chi connectivity index (χ0n) is 14.3. The lowest BCUT2D eigenvalue weighted by Gasteiger charge is -2.18. The maximum absolute atomic E-state index is 10.9. The van der Waals surface area contributed by atoms with Crippen molar-refractivity contribution in [2.24, 2.45) is 0 Å². The molecule has 1 saturated carbocycles. The first kappa shape index (κ1) is 15.7. The third-order valence-corrected chi connectivity index (χ3v) is 5.11. The predicted molar refractivity (Wildman–Crippen MR) is 92.0 cm³/mol. The molecular formula is C19H20N4O3. The van der Waals surface area contributed by atoms with E-state index < -0.39 is 5.60 Å². The van der Waals surface area contributed by atoms with Gasteiger partial charge >= 0.3 is 0 Å². The number of rotatable bonds is 5. The molecule has 1 aromatic carbocycles. The fourth-order valence-electron chi connectivity index (χ4n) is 3.47. The van der Waals surface area contributed by atoms with Gasteiger partial charge in [-0.2, -0.15) is 4.98 Å². The first-order valence-corrected chi connectivity index (χ1v) is 8.99. The molecule has 1 unspecified atom stereocenters. The van der Waals surface area contributed by atoms with Crippen molar-refractivity contribution in [1.29, 1.82) is 0 Å². The summed E-state index contributed by atoms with van der Waals surface area (Å²) in [6.45, 7) is 1.81. The van der Waals surface area contributed by atoms with E-state index in [1.165, 1.54) is 0 Å². The van der Waals surface area contributed by atoms with Crippen molar-refractivity contribution in [2.75, 3.05) is 13.1 Å². The summed E-state index contributed by atoms with van der Waals surface area (Å²) in [6.07, 6.45) is 2.79. The van der Waals surface area contributed by atoms with E-state index in [-0.39, 0.29) is 0 Å². The van der Waals surface area contributed by atoms with Crippen LogP contribution in [0.5, 0.6) is 0 Å². The Bertz CT molecular complexity index is 902. The van der Waals surface area contributed by atoms with Gasteiger partial charge in [0.1, 0.15) is 0 Å². The van der Waals surface area contributed by atoms with E-state index in [0.29, 0.717) is 31.3 Å². The fourth-order valence-corrected chi connectivity index (χ4v) is 3.47. The van der Waals surface area contributed by atoms with Crippen LogP contribution in [0.1, 0.15) is 42.6 Å². The van der Waals surface area contributed by atoms with Crippen molar-refractivity contribution in [2.45, 2.75) is 37.3 Å². The summed E-state index contributed by atoms with van der Waals surface area (Å²) >= 11 is 0. The normalized spacial score (nSPS) is 23.6. The quantitative estimate of drug-likeness (QED) is 0.755. The molecule has 0 bridgehead atoms. The average molecular weight is 352 g/mol. The van der Waals surface area contributed by atoms with Crippen LogP contribution in [0.4, 0.5) is 0 Å². The molecule has 0 radical (unpaired) electrons. The molecule has 2 aliphatic rings. The average Bonchev–Trinajstić information content (AvgIpc) is 3.07. The molecule has 0 amide bonds. The zero-order chi connectivity index (χ0) is 17.6. The number of hydrogen-bond donors (Lipinski definition) is 1. The van der Waals surface area contributed by atoms with Crippen molar-refractivity contribution in [1.82, 2.24) is 20.2 Å². The Labute approximate surface area is 150 Å². The van der Waals surface area contributed by atoms with Gasteiger partial charge in [0.25, 0.3) is 5.89 Å². The molecule has 0 spiro atoms. The largest absolute Gasteiger partial charge is 0.379 e. The highest BCUT2D eigenvalue weighted by Gasteiger charge is 2.43. The molecule has 1 atom stereocenters. The number of aliphatic hydroxyl groups is 1. The van der Waals surface area contributed by atoms with Crippen molar-refractivity contribution in [3.63, 3.8) is 0 Å². The molecule has 2 fully saturated rings. The van der Waals surface area contributed by atoms with Crippen LogP contribution < -0.4 is 0 Å². The van der Waals surface area contributed by atoms with E-state index in [0.717, 1.165) is 42.2 Å². The third kappa shape index (κ3) is 2.93. The molecule has 7 heteroatoms. The van der Waals surface area contributed by atoms with Crippen LogP contribution in [0.25, 0.3) is 11.3 Å². The van der Waals surface area contributed by atoms with E-state index in [2.05, 4.69) is 20.2 Å². The summed E-state index contributed by atoms with van der Waals surface area (Å²) in [6, 6.07) is 11.8. The minimum Gasteiger partial charge on any atom is -0.379 e. The van der Waals surface area contributed by atoms with Crippen LogP contribution in [-0.2, 0) is 12.1 Å². The van der Waals surface area contributed by atoms with Gasteiger partial charge in [0.2, 0.25) is 0 Å². The van der Waals surface area contributed by atoms with Gasteiger partial charge in [-0.3, -0.25) is 4.90 Å². The smallest absolute Gasteiger partial charge is 0.260 e. The molecule has 26 heavy (non-hydrogen) atoms. The fraction of sp³-hybridized carbons (Fsp3) is 0.421. The number of hydrogen-bond acceptors (Lipinski definition) is 7. The van der Waals surface area contributed by atoms with Crippen molar-refractivity contribution in [3.05, 3.63) is 53.8 Å². The summed E-state index contributed by atoms with van der Waals surface area (Å²) in [4.78, 5) is 6.56. The van der Waals surface area contributed by atoms with Crippen LogP contribution in [0, 0.1) is 0 Å². The van der Waals surface area contributed by atoms with Crippen LogP contribution in [0.15, 0.2) is 45.4 Å². The van der Waals surface area contributed by atoms with E-state index >= 15 is 0 Å². The minimum absolute atomic E-state index is 0.340. The minimum atomic E-state index is -1.08. The second-order valence-electron chi connectivity index (χ2n) is 7.27.